The van der Waals surface area contributed by atoms with Gasteiger partial charge in [0.15, 0.2) is 0 Å². The highest BCUT2D eigenvalue weighted by Crippen LogP contribution is 2.07. The van der Waals surface area contributed by atoms with Crippen LogP contribution in [0, 0.1) is 0 Å². The summed E-state index contributed by atoms with van der Waals surface area (Å²) in [6.07, 6.45) is 2.45. The van der Waals surface area contributed by atoms with Crippen molar-refractivity contribution in [2.75, 3.05) is 12.0 Å². The van der Waals surface area contributed by atoms with E-state index in [9.17, 15) is 19.5 Å². The molecule has 2 atom stereocenters. The van der Waals surface area contributed by atoms with Crippen molar-refractivity contribution in [1.82, 2.24) is 10.6 Å². The van der Waals surface area contributed by atoms with E-state index in [1.807, 2.05) is 36.6 Å². The number of rotatable bonds is 10. The fourth-order valence-corrected chi connectivity index (χ4v) is 3.13. The molecule has 28 heavy (non-hydrogen) atoms. The summed E-state index contributed by atoms with van der Waals surface area (Å²) in [6, 6.07) is 16.0. The summed E-state index contributed by atoms with van der Waals surface area (Å²) in [5.41, 5.74) is 1.30. The van der Waals surface area contributed by atoms with Crippen molar-refractivity contribution in [3.63, 3.8) is 0 Å². The van der Waals surface area contributed by atoms with Gasteiger partial charge in [0, 0.05) is 12.0 Å². The lowest BCUT2D eigenvalue weighted by Gasteiger charge is -2.21. The molecule has 2 rings (SSSR count). The molecule has 0 saturated carbocycles. The van der Waals surface area contributed by atoms with Gasteiger partial charge >= 0.3 is 5.97 Å². The minimum atomic E-state index is -1.09. The van der Waals surface area contributed by atoms with E-state index in [1.165, 1.54) is 11.8 Å². The van der Waals surface area contributed by atoms with Crippen LogP contribution in [0.1, 0.15) is 22.3 Å². The molecule has 148 valence electrons. The Morgan fingerprint density at radius 3 is 2.11 bits per heavy atom. The molecule has 0 aliphatic carbocycles. The second kappa shape index (κ2) is 11.1. The summed E-state index contributed by atoms with van der Waals surface area (Å²) >= 11 is 1.51. The molecule has 0 spiro atoms. The molecule has 0 heterocycles. The highest BCUT2D eigenvalue weighted by atomic mass is 32.2. The van der Waals surface area contributed by atoms with E-state index < -0.39 is 24.0 Å². The van der Waals surface area contributed by atoms with Gasteiger partial charge in [-0.15, -0.1) is 0 Å². The van der Waals surface area contributed by atoms with Crippen LogP contribution in [0.2, 0.25) is 0 Å². The van der Waals surface area contributed by atoms with Crippen molar-refractivity contribution in [3.05, 3.63) is 71.8 Å². The lowest BCUT2D eigenvalue weighted by Crippen LogP contribution is -2.52. The molecule has 0 aliphatic rings. The fraction of sp³-hybridized carbons (Fsp3) is 0.286. The Hall–Kier alpha value is -2.80. The summed E-state index contributed by atoms with van der Waals surface area (Å²) < 4.78 is 0. The largest absolute Gasteiger partial charge is 0.480 e. The first-order valence-corrected chi connectivity index (χ1v) is 10.3. The Bertz CT molecular complexity index is 784. The number of amides is 2. The first-order valence-electron chi connectivity index (χ1n) is 8.93. The molecule has 0 saturated heterocycles. The van der Waals surface area contributed by atoms with E-state index in [0.29, 0.717) is 17.7 Å². The van der Waals surface area contributed by atoms with Gasteiger partial charge in [0.1, 0.15) is 12.1 Å². The monoisotopic (exact) mass is 400 g/mol. The summed E-state index contributed by atoms with van der Waals surface area (Å²) in [5, 5.41) is 14.7. The van der Waals surface area contributed by atoms with Crippen LogP contribution in [-0.4, -0.2) is 47.0 Å². The first-order chi connectivity index (χ1) is 13.5. The highest BCUT2D eigenvalue weighted by Gasteiger charge is 2.26. The van der Waals surface area contributed by atoms with Gasteiger partial charge in [0.25, 0.3) is 5.91 Å². The highest BCUT2D eigenvalue weighted by molar-refractivity contribution is 7.98. The van der Waals surface area contributed by atoms with Crippen LogP contribution in [-0.2, 0) is 16.0 Å². The molecule has 0 unspecified atom stereocenters. The number of benzene rings is 2. The number of carboxylic acid groups (broad SMARTS) is 1. The average molecular weight is 401 g/mol. The Labute approximate surface area is 168 Å². The smallest absolute Gasteiger partial charge is 0.326 e. The SMILES string of the molecule is CSCC[C@@H](NC(=O)[C@@H](Cc1ccccc1)NC(=O)c1ccccc1)C(=O)O. The van der Waals surface area contributed by atoms with Crippen molar-refractivity contribution in [2.24, 2.45) is 0 Å². The predicted octanol–water partition coefficient (Wildman–Crippen LogP) is 2.35. The van der Waals surface area contributed by atoms with E-state index in [4.69, 9.17) is 0 Å². The number of nitrogens with one attached hydrogen (secondary N) is 2. The van der Waals surface area contributed by atoms with Crippen LogP contribution in [0.3, 0.4) is 0 Å². The van der Waals surface area contributed by atoms with E-state index >= 15 is 0 Å². The first kappa shape index (κ1) is 21.5. The molecule has 2 amide bonds. The Kier molecular flexibility index (Phi) is 8.55. The summed E-state index contributed by atoms with van der Waals surface area (Å²) in [7, 11) is 0. The maximum atomic E-state index is 12.8. The van der Waals surface area contributed by atoms with Crippen molar-refractivity contribution in [3.8, 4) is 0 Å². The van der Waals surface area contributed by atoms with Crippen LogP contribution in [0.25, 0.3) is 0 Å². The molecule has 0 radical (unpaired) electrons. The fourth-order valence-electron chi connectivity index (χ4n) is 2.66. The third kappa shape index (κ3) is 6.74. The van der Waals surface area contributed by atoms with Gasteiger partial charge in [-0.2, -0.15) is 11.8 Å². The third-order valence-corrected chi connectivity index (χ3v) is 4.81. The number of hydrogen-bond acceptors (Lipinski definition) is 4. The minimum Gasteiger partial charge on any atom is -0.480 e. The molecule has 0 aliphatic heterocycles. The zero-order chi connectivity index (χ0) is 20.4. The summed E-state index contributed by atoms with van der Waals surface area (Å²) in [5.74, 6) is -1.37. The quantitative estimate of drug-likeness (QED) is 0.569. The number of thioether (sulfide) groups is 1. The van der Waals surface area contributed by atoms with Crippen LogP contribution >= 0.6 is 11.8 Å². The van der Waals surface area contributed by atoms with Gasteiger partial charge in [0.2, 0.25) is 5.91 Å². The zero-order valence-electron chi connectivity index (χ0n) is 15.6. The molecular formula is C21H24N2O4S. The average Bonchev–Trinajstić information content (AvgIpc) is 2.71. The van der Waals surface area contributed by atoms with Crippen molar-refractivity contribution >= 4 is 29.5 Å². The number of carboxylic acids is 1. The molecule has 7 heteroatoms. The number of carbonyl (C=O) groups excluding carboxylic acids is 2. The standard InChI is InChI=1S/C21H24N2O4S/c1-28-13-12-17(21(26)27)22-20(25)18(14-15-8-4-2-5-9-15)23-19(24)16-10-6-3-7-11-16/h2-11,17-18H,12-14H2,1H3,(H,22,25)(H,23,24)(H,26,27)/t17-,18-/m1/s1. The van der Waals surface area contributed by atoms with E-state index in [1.54, 1.807) is 30.3 Å². The van der Waals surface area contributed by atoms with Crippen LogP contribution in [0.4, 0.5) is 0 Å². The topological polar surface area (TPSA) is 95.5 Å². The van der Waals surface area contributed by atoms with Crippen molar-refractivity contribution < 1.29 is 19.5 Å². The van der Waals surface area contributed by atoms with E-state index in [2.05, 4.69) is 10.6 Å². The Morgan fingerprint density at radius 2 is 1.54 bits per heavy atom. The number of hydrogen-bond donors (Lipinski definition) is 3. The van der Waals surface area contributed by atoms with Gasteiger partial charge in [-0.3, -0.25) is 9.59 Å². The van der Waals surface area contributed by atoms with Gasteiger partial charge in [-0.05, 0) is 36.1 Å². The molecule has 3 N–H and O–H groups in total. The Balaban J connectivity index is 2.15. The van der Waals surface area contributed by atoms with Crippen LogP contribution in [0.15, 0.2) is 60.7 Å². The van der Waals surface area contributed by atoms with Gasteiger partial charge in [-0.1, -0.05) is 48.5 Å². The second-order valence-corrected chi connectivity index (χ2v) is 7.25. The summed E-state index contributed by atoms with van der Waals surface area (Å²) in [4.78, 5) is 36.8. The van der Waals surface area contributed by atoms with E-state index in [-0.39, 0.29) is 12.3 Å². The maximum Gasteiger partial charge on any atom is 0.326 e. The van der Waals surface area contributed by atoms with E-state index in [0.717, 1.165) is 5.56 Å². The zero-order valence-corrected chi connectivity index (χ0v) is 16.4. The maximum absolute atomic E-state index is 12.8. The molecule has 0 aromatic heterocycles. The Morgan fingerprint density at radius 1 is 0.929 bits per heavy atom. The lowest BCUT2D eigenvalue weighted by atomic mass is 10.0. The van der Waals surface area contributed by atoms with Crippen LogP contribution < -0.4 is 10.6 Å². The van der Waals surface area contributed by atoms with Crippen molar-refractivity contribution in [2.45, 2.75) is 24.9 Å². The number of aliphatic carboxylic acids is 1. The molecule has 6 nitrogen and oxygen atoms in total. The molecule has 2 aromatic rings. The third-order valence-electron chi connectivity index (χ3n) is 4.17. The molecular weight excluding hydrogens is 376 g/mol. The normalized spacial score (nSPS) is 12.6. The van der Waals surface area contributed by atoms with Crippen molar-refractivity contribution in [1.29, 1.82) is 0 Å². The molecule has 0 bridgehead atoms. The van der Waals surface area contributed by atoms with Crippen LogP contribution in [0.5, 0.6) is 0 Å². The van der Waals surface area contributed by atoms with Gasteiger partial charge < -0.3 is 15.7 Å². The molecule has 2 aromatic carbocycles. The predicted molar refractivity (Wildman–Crippen MR) is 110 cm³/mol. The lowest BCUT2D eigenvalue weighted by molar-refractivity contribution is -0.142. The number of carbonyl (C=O) groups is 3. The van der Waals surface area contributed by atoms with Gasteiger partial charge in [-0.25, -0.2) is 4.79 Å². The molecule has 0 fully saturated rings. The van der Waals surface area contributed by atoms with Gasteiger partial charge in [0.05, 0.1) is 0 Å². The summed E-state index contributed by atoms with van der Waals surface area (Å²) in [6.45, 7) is 0. The minimum absolute atomic E-state index is 0.264. The second-order valence-electron chi connectivity index (χ2n) is 6.26.